The molecule has 2 rings (SSSR count). The van der Waals surface area contributed by atoms with Crippen LogP contribution in [0.2, 0.25) is 0 Å². The van der Waals surface area contributed by atoms with Crippen molar-refractivity contribution in [1.82, 2.24) is 19.6 Å². The Bertz CT molecular complexity index is 776. The smallest absolute Gasteiger partial charge is 0.356 e. The SMILES string of the molecule is CCOC(=O)c1ccnn1CCC(F)F.CCOC(=O)c1ccnn1CCC=O. The van der Waals surface area contributed by atoms with Gasteiger partial charge in [-0.2, -0.15) is 10.2 Å². The Labute approximate surface area is 166 Å². The largest absolute Gasteiger partial charge is 0.461 e. The Balaban J connectivity index is 0.000000291. The van der Waals surface area contributed by atoms with Gasteiger partial charge in [0, 0.05) is 38.3 Å². The molecule has 160 valence electrons. The Kier molecular flexibility index (Phi) is 10.8. The quantitative estimate of drug-likeness (QED) is 0.434. The van der Waals surface area contributed by atoms with E-state index in [-0.39, 0.29) is 25.3 Å². The fraction of sp³-hybridized carbons (Fsp3) is 0.500. The van der Waals surface area contributed by atoms with Gasteiger partial charge in [0.25, 0.3) is 0 Å². The Hall–Kier alpha value is -3.11. The third kappa shape index (κ3) is 8.20. The molecular weight excluding hydrogens is 390 g/mol. The number of halogens is 2. The van der Waals surface area contributed by atoms with Crippen LogP contribution in [0.3, 0.4) is 0 Å². The summed E-state index contributed by atoms with van der Waals surface area (Å²) in [5, 5.41) is 7.69. The number of carbonyl (C=O) groups is 3. The van der Waals surface area contributed by atoms with Gasteiger partial charge in [0.15, 0.2) is 0 Å². The van der Waals surface area contributed by atoms with Crippen LogP contribution in [0.25, 0.3) is 0 Å². The van der Waals surface area contributed by atoms with E-state index in [0.29, 0.717) is 25.3 Å². The van der Waals surface area contributed by atoms with Crippen molar-refractivity contribution in [2.45, 2.75) is 46.2 Å². The lowest BCUT2D eigenvalue weighted by Gasteiger charge is -2.06. The highest BCUT2D eigenvalue weighted by Crippen LogP contribution is 2.06. The highest BCUT2D eigenvalue weighted by atomic mass is 19.3. The minimum Gasteiger partial charge on any atom is -0.461 e. The van der Waals surface area contributed by atoms with Gasteiger partial charge in [-0.05, 0) is 26.0 Å². The molecule has 2 aromatic rings. The lowest BCUT2D eigenvalue weighted by molar-refractivity contribution is -0.108. The molecule has 0 aliphatic rings. The summed E-state index contributed by atoms with van der Waals surface area (Å²) < 4.78 is 36.2. The third-order valence-electron chi connectivity index (χ3n) is 3.42. The molecule has 0 aromatic carbocycles. The molecule has 11 heteroatoms. The Morgan fingerprint density at radius 1 is 1.00 bits per heavy atom. The fourth-order valence-corrected chi connectivity index (χ4v) is 2.17. The average Bonchev–Trinajstić information content (AvgIpc) is 3.35. The maximum atomic E-state index is 12.0. The van der Waals surface area contributed by atoms with Gasteiger partial charge in [-0.25, -0.2) is 18.4 Å². The zero-order valence-corrected chi connectivity index (χ0v) is 16.3. The topological polar surface area (TPSA) is 105 Å². The van der Waals surface area contributed by atoms with Crippen LogP contribution in [0.4, 0.5) is 8.78 Å². The monoisotopic (exact) mass is 414 g/mol. The number of carbonyl (C=O) groups excluding carboxylic acids is 3. The van der Waals surface area contributed by atoms with Gasteiger partial charge in [0.1, 0.15) is 17.7 Å². The number of aryl methyl sites for hydroxylation is 2. The molecule has 0 radical (unpaired) electrons. The van der Waals surface area contributed by atoms with E-state index >= 15 is 0 Å². The zero-order valence-electron chi connectivity index (χ0n) is 16.3. The molecule has 0 fully saturated rings. The van der Waals surface area contributed by atoms with Gasteiger partial charge in [0.2, 0.25) is 6.43 Å². The molecule has 2 heterocycles. The molecule has 2 aromatic heterocycles. The summed E-state index contributed by atoms with van der Waals surface area (Å²) >= 11 is 0. The van der Waals surface area contributed by atoms with E-state index in [4.69, 9.17) is 9.47 Å². The molecule has 29 heavy (non-hydrogen) atoms. The summed E-state index contributed by atoms with van der Waals surface area (Å²) in [6.45, 7) is 4.42. The van der Waals surface area contributed by atoms with Gasteiger partial charge in [-0.15, -0.1) is 0 Å². The number of esters is 2. The average molecular weight is 414 g/mol. The predicted octanol–water partition coefficient (Wildman–Crippen LogP) is 2.36. The predicted molar refractivity (Wildman–Crippen MR) is 97.7 cm³/mol. The summed E-state index contributed by atoms with van der Waals surface area (Å²) in [5.41, 5.74) is 0.589. The van der Waals surface area contributed by atoms with Crippen LogP contribution in [0.5, 0.6) is 0 Å². The highest BCUT2D eigenvalue weighted by Gasteiger charge is 2.14. The molecule has 0 amide bonds. The van der Waals surface area contributed by atoms with Crippen molar-refractivity contribution >= 4 is 18.2 Å². The molecule has 9 nitrogen and oxygen atoms in total. The standard InChI is InChI=1S/C9H12F2N2O2.C9H12N2O3/c1-2-15-9(14)7-3-5-12-13(7)6-4-8(10)11;1-2-14-9(13)8-4-5-10-11(8)6-3-7-12/h3,5,8H,2,4,6H2,1H3;4-5,7H,2-3,6H2,1H3. The highest BCUT2D eigenvalue weighted by molar-refractivity contribution is 5.87. The van der Waals surface area contributed by atoms with Crippen LogP contribution in [-0.4, -0.2) is 57.4 Å². The lowest BCUT2D eigenvalue weighted by atomic mass is 10.4. The summed E-state index contributed by atoms with van der Waals surface area (Å²) in [6.07, 6.45) is 1.30. The molecule has 0 aliphatic heterocycles. The van der Waals surface area contributed by atoms with E-state index in [0.717, 1.165) is 6.29 Å². The van der Waals surface area contributed by atoms with Crippen molar-refractivity contribution in [2.24, 2.45) is 0 Å². The van der Waals surface area contributed by atoms with E-state index in [2.05, 4.69) is 10.2 Å². The van der Waals surface area contributed by atoms with Crippen molar-refractivity contribution in [2.75, 3.05) is 13.2 Å². The van der Waals surface area contributed by atoms with Crippen LogP contribution in [0, 0.1) is 0 Å². The van der Waals surface area contributed by atoms with E-state index in [1.807, 2.05) is 0 Å². The van der Waals surface area contributed by atoms with Crippen molar-refractivity contribution < 1.29 is 32.6 Å². The van der Waals surface area contributed by atoms with E-state index in [1.165, 1.54) is 27.8 Å². The fourth-order valence-electron chi connectivity index (χ4n) is 2.17. The molecule has 0 unspecified atom stereocenters. The second-order valence-corrected chi connectivity index (χ2v) is 5.46. The second-order valence-electron chi connectivity index (χ2n) is 5.46. The number of aldehydes is 1. The van der Waals surface area contributed by atoms with E-state index < -0.39 is 18.4 Å². The third-order valence-corrected chi connectivity index (χ3v) is 3.42. The van der Waals surface area contributed by atoms with Crippen LogP contribution in [0.15, 0.2) is 24.5 Å². The molecule has 0 saturated heterocycles. The van der Waals surface area contributed by atoms with Gasteiger partial charge in [-0.1, -0.05) is 0 Å². The van der Waals surface area contributed by atoms with E-state index in [1.54, 1.807) is 19.9 Å². The van der Waals surface area contributed by atoms with Gasteiger partial charge >= 0.3 is 11.9 Å². The number of hydrogen-bond acceptors (Lipinski definition) is 7. The molecule has 0 spiro atoms. The minimum atomic E-state index is -2.40. The summed E-state index contributed by atoms with van der Waals surface area (Å²) in [4.78, 5) is 32.8. The van der Waals surface area contributed by atoms with Crippen LogP contribution >= 0.6 is 0 Å². The van der Waals surface area contributed by atoms with Crippen molar-refractivity contribution in [3.63, 3.8) is 0 Å². The Morgan fingerprint density at radius 3 is 1.90 bits per heavy atom. The first-order valence-corrected chi connectivity index (χ1v) is 9.04. The van der Waals surface area contributed by atoms with Gasteiger partial charge < -0.3 is 14.3 Å². The van der Waals surface area contributed by atoms with Crippen LogP contribution in [-0.2, 0) is 27.4 Å². The second kappa shape index (κ2) is 13.1. The number of nitrogens with zero attached hydrogens (tertiary/aromatic N) is 4. The van der Waals surface area contributed by atoms with Crippen LogP contribution < -0.4 is 0 Å². The molecule has 0 N–H and O–H groups in total. The van der Waals surface area contributed by atoms with Gasteiger partial charge in [0.05, 0.1) is 13.2 Å². The molecule has 0 saturated carbocycles. The van der Waals surface area contributed by atoms with Crippen molar-refractivity contribution in [1.29, 1.82) is 0 Å². The first kappa shape index (κ1) is 23.9. The molecular formula is C18H24F2N4O5. The number of rotatable bonds is 10. The number of ether oxygens (including phenoxy) is 2. The van der Waals surface area contributed by atoms with Crippen molar-refractivity contribution in [3.05, 3.63) is 35.9 Å². The maximum absolute atomic E-state index is 12.0. The first-order valence-electron chi connectivity index (χ1n) is 9.04. The first-order chi connectivity index (χ1) is 13.9. The number of hydrogen-bond donors (Lipinski definition) is 0. The number of aromatic nitrogens is 4. The van der Waals surface area contributed by atoms with Crippen LogP contribution in [0.1, 0.15) is 47.7 Å². The summed E-state index contributed by atoms with van der Waals surface area (Å²) in [7, 11) is 0. The van der Waals surface area contributed by atoms with E-state index in [9.17, 15) is 23.2 Å². The molecule has 0 bridgehead atoms. The maximum Gasteiger partial charge on any atom is 0.356 e. The van der Waals surface area contributed by atoms with Gasteiger partial charge in [-0.3, -0.25) is 9.36 Å². The molecule has 0 aliphatic carbocycles. The molecule has 0 atom stereocenters. The number of alkyl halides is 2. The lowest BCUT2D eigenvalue weighted by Crippen LogP contribution is -2.14. The summed E-state index contributed by atoms with van der Waals surface area (Å²) in [6, 6.07) is 3.02. The Morgan fingerprint density at radius 2 is 1.48 bits per heavy atom. The normalized spacial score (nSPS) is 10.2. The zero-order chi connectivity index (χ0) is 21.6. The minimum absolute atomic E-state index is 0.0127. The summed E-state index contributed by atoms with van der Waals surface area (Å²) in [5.74, 6) is -0.944. The van der Waals surface area contributed by atoms with Crippen molar-refractivity contribution in [3.8, 4) is 0 Å².